The Hall–Kier alpha value is -1.58. The zero-order valence-electron chi connectivity index (χ0n) is 11.5. The molecule has 0 aliphatic carbocycles. The number of carbonyl (C=O) groups is 1. The molecule has 0 aliphatic rings. The van der Waals surface area contributed by atoms with Crippen molar-refractivity contribution in [2.24, 2.45) is 5.92 Å². The van der Waals surface area contributed by atoms with Gasteiger partial charge < -0.3 is 10.6 Å². The van der Waals surface area contributed by atoms with Gasteiger partial charge in [-0.3, -0.25) is 4.79 Å². The SMILES string of the molecule is CNc1ccc(NC(=O)CCCCC(C)C)cn1. The van der Waals surface area contributed by atoms with Crippen LogP contribution in [-0.2, 0) is 4.79 Å². The van der Waals surface area contributed by atoms with Crippen LogP contribution in [0.25, 0.3) is 0 Å². The fraction of sp³-hybridized carbons (Fsp3) is 0.571. The van der Waals surface area contributed by atoms with Crippen molar-refractivity contribution in [3.63, 3.8) is 0 Å². The van der Waals surface area contributed by atoms with Crippen LogP contribution < -0.4 is 10.6 Å². The van der Waals surface area contributed by atoms with E-state index in [0.717, 1.165) is 24.3 Å². The van der Waals surface area contributed by atoms with Crippen LogP contribution in [0.2, 0.25) is 0 Å². The maximum atomic E-state index is 11.7. The summed E-state index contributed by atoms with van der Waals surface area (Å²) in [5, 5.41) is 5.79. The molecule has 0 aromatic carbocycles. The van der Waals surface area contributed by atoms with Gasteiger partial charge in [-0.25, -0.2) is 4.98 Å². The van der Waals surface area contributed by atoms with E-state index >= 15 is 0 Å². The van der Waals surface area contributed by atoms with Gasteiger partial charge in [-0.15, -0.1) is 0 Å². The smallest absolute Gasteiger partial charge is 0.224 e. The van der Waals surface area contributed by atoms with Gasteiger partial charge >= 0.3 is 0 Å². The first-order chi connectivity index (χ1) is 8.61. The standard InChI is InChI=1S/C14H23N3O/c1-11(2)6-4-5-7-14(18)17-12-8-9-13(15-3)16-10-12/h8-11H,4-7H2,1-3H3,(H,15,16)(H,17,18). The first-order valence-electron chi connectivity index (χ1n) is 6.55. The van der Waals surface area contributed by atoms with Crippen molar-refractivity contribution in [1.82, 2.24) is 4.98 Å². The molecule has 1 rings (SSSR count). The van der Waals surface area contributed by atoms with Crippen molar-refractivity contribution in [2.45, 2.75) is 39.5 Å². The largest absolute Gasteiger partial charge is 0.373 e. The number of carbonyl (C=O) groups excluding carboxylic acids is 1. The summed E-state index contributed by atoms with van der Waals surface area (Å²) >= 11 is 0. The number of aromatic nitrogens is 1. The van der Waals surface area contributed by atoms with Crippen molar-refractivity contribution >= 4 is 17.4 Å². The summed E-state index contributed by atoms with van der Waals surface area (Å²) in [6.07, 6.45) is 5.50. The number of nitrogens with one attached hydrogen (secondary N) is 2. The summed E-state index contributed by atoms with van der Waals surface area (Å²) in [5.74, 6) is 1.58. The van der Waals surface area contributed by atoms with E-state index < -0.39 is 0 Å². The minimum Gasteiger partial charge on any atom is -0.373 e. The Morgan fingerprint density at radius 2 is 2.11 bits per heavy atom. The molecular formula is C14H23N3O. The molecule has 1 aromatic heterocycles. The van der Waals surface area contributed by atoms with Gasteiger partial charge in [-0.05, 0) is 24.5 Å². The molecule has 1 aromatic rings. The molecule has 18 heavy (non-hydrogen) atoms. The topological polar surface area (TPSA) is 54.0 Å². The molecule has 0 unspecified atom stereocenters. The van der Waals surface area contributed by atoms with Crippen molar-refractivity contribution in [3.05, 3.63) is 18.3 Å². The van der Waals surface area contributed by atoms with Crippen LogP contribution in [0.15, 0.2) is 18.3 Å². The zero-order valence-corrected chi connectivity index (χ0v) is 11.5. The molecule has 0 aliphatic heterocycles. The Labute approximate surface area is 109 Å². The van der Waals surface area contributed by atoms with E-state index in [1.165, 1.54) is 6.42 Å². The van der Waals surface area contributed by atoms with E-state index in [4.69, 9.17) is 0 Å². The summed E-state index contributed by atoms with van der Waals surface area (Å²) in [6, 6.07) is 3.69. The maximum Gasteiger partial charge on any atom is 0.224 e. The predicted molar refractivity (Wildman–Crippen MR) is 75.7 cm³/mol. The molecule has 0 radical (unpaired) electrons. The number of amides is 1. The molecule has 0 bridgehead atoms. The van der Waals surface area contributed by atoms with Gasteiger partial charge in [0.1, 0.15) is 5.82 Å². The van der Waals surface area contributed by atoms with Crippen LogP contribution in [0.4, 0.5) is 11.5 Å². The molecule has 100 valence electrons. The average molecular weight is 249 g/mol. The number of hydrogen-bond donors (Lipinski definition) is 2. The Morgan fingerprint density at radius 3 is 2.67 bits per heavy atom. The normalized spacial score (nSPS) is 10.4. The van der Waals surface area contributed by atoms with Crippen LogP contribution in [0.1, 0.15) is 39.5 Å². The Morgan fingerprint density at radius 1 is 1.33 bits per heavy atom. The number of pyridine rings is 1. The highest BCUT2D eigenvalue weighted by molar-refractivity contribution is 5.90. The van der Waals surface area contributed by atoms with Crippen LogP contribution in [-0.4, -0.2) is 17.9 Å². The van der Waals surface area contributed by atoms with E-state index in [1.54, 1.807) is 6.20 Å². The molecule has 4 nitrogen and oxygen atoms in total. The highest BCUT2D eigenvalue weighted by atomic mass is 16.1. The lowest BCUT2D eigenvalue weighted by Crippen LogP contribution is -2.11. The van der Waals surface area contributed by atoms with E-state index in [-0.39, 0.29) is 5.91 Å². The van der Waals surface area contributed by atoms with E-state index in [2.05, 4.69) is 29.5 Å². The minimum atomic E-state index is 0.0674. The fourth-order valence-electron chi connectivity index (χ4n) is 1.68. The van der Waals surface area contributed by atoms with Gasteiger partial charge in [-0.2, -0.15) is 0 Å². The monoisotopic (exact) mass is 249 g/mol. The number of rotatable bonds is 7. The third-order valence-corrected chi connectivity index (χ3v) is 2.74. The summed E-state index contributed by atoms with van der Waals surface area (Å²) in [4.78, 5) is 15.8. The molecule has 1 heterocycles. The molecule has 0 atom stereocenters. The molecular weight excluding hydrogens is 226 g/mol. The number of nitrogens with zero attached hydrogens (tertiary/aromatic N) is 1. The van der Waals surface area contributed by atoms with Gasteiger partial charge in [0.05, 0.1) is 11.9 Å². The second kappa shape index (κ2) is 7.69. The van der Waals surface area contributed by atoms with Crippen LogP contribution in [0.5, 0.6) is 0 Å². The summed E-state index contributed by atoms with van der Waals surface area (Å²) in [7, 11) is 1.81. The van der Waals surface area contributed by atoms with Gasteiger partial charge in [-0.1, -0.05) is 26.7 Å². The van der Waals surface area contributed by atoms with E-state index in [9.17, 15) is 4.79 Å². The lowest BCUT2D eigenvalue weighted by molar-refractivity contribution is -0.116. The third kappa shape index (κ3) is 5.66. The van der Waals surface area contributed by atoms with Crippen LogP contribution in [0.3, 0.4) is 0 Å². The van der Waals surface area contributed by atoms with Crippen molar-refractivity contribution < 1.29 is 4.79 Å². The molecule has 2 N–H and O–H groups in total. The quantitative estimate of drug-likeness (QED) is 0.729. The highest BCUT2D eigenvalue weighted by Crippen LogP contribution is 2.11. The van der Waals surface area contributed by atoms with Crippen molar-refractivity contribution in [1.29, 1.82) is 0 Å². The molecule has 0 saturated carbocycles. The minimum absolute atomic E-state index is 0.0674. The maximum absolute atomic E-state index is 11.7. The van der Waals surface area contributed by atoms with Gasteiger partial charge in [0.25, 0.3) is 0 Å². The number of anilines is 2. The second-order valence-corrected chi connectivity index (χ2v) is 4.87. The van der Waals surface area contributed by atoms with Crippen LogP contribution >= 0.6 is 0 Å². The molecule has 0 saturated heterocycles. The Balaban J connectivity index is 2.26. The summed E-state index contributed by atoms with van der Waals surface area (Å²) < 4.78 is 0. The van der Waals surface area contributed by atoms with E-state index in [1.807, 2.05) is 19.2 Å². The average Bonchev–Trinajstić information content (AvgIpc) is 2.35. The third-order valence-electron chi connectivity index (χ3n) is 2.74. The molecule has 4 heteroatoms. The lowest BCUT2D eigenvalue weighted by atomic mass is 10.1. The van der Waals surface area contributed by atoms with Gasteiger partial charge in [0.2, 0.25) is 5.91 Å². The van der Waals surface area contributed by atoms with Crippen molar-refractivity contribution in [3.8, 4) is 0 Å². The summed E-state index contributed by atoms with van der Waals surface area (Å²) in [6.45, 7) is 4.41. The molecule has 0 spiro atoms. The number of hydrogen-bond acceptors (Lipinski definition) is 3. The molecule has 1 amide bonds. The summed E-state index contributed by atoms with van der Waals surface area (Å²) in [5.41, 5.74) is 0.753. The first-order valence-corrected chi connectivity index (χ1v) is 6.55. The Kier molecular flexibility index (Phi) is 6.19. The lowest BCUT2D eigenvalue weighted by Gasteiger charge is -2.06. The van der Waals surface area contributed by atoms with E-state index in [0.29, 0.717) is 12.3 Å². The Bertz CT molecular complexity index is 360. The van der Waals surface area contributed by atoms with Crippen molar-refractivity contribution in [2.75, 3.05) is 17.7 Å². The first kappa shape index (κ1) is 14.5. The highest BCUT2D eigenvalue weighted by Gasteiger charge is 2.03. The fourth-order valence-corrected chi connectivity index (χ4v) is 1.68. The molecule has 0 fully saturated rings. The predicted octanol–water partition coefficient (Wildman–Crippen LogP) is 3.28. The van der Waals surface area contributed by atoms with Gasteiger partial charge in [0, 0.05) is 13.5 Å². The number of unbranched alkanes of at least 4 members (excludes halogenated alkanes) is 1. The zero-order chi connectivity index (χ0) is 13.4. The van der Waals surface area contributed by atoms with Crippen LogP contribution in [0, 0.1) is 5.92 Å². The van der Waals surface area contributed by atoms with Gasteiger partial charge in [0.15, 0.2) is 0 Å². The second-order valence-electron chi connectivity index (χ2n) is 4.87.